The summed E-state index contributed by atoms with van der Waals surface area (Å²) in [5.41, 5.74) is 4.03. The third kappa shape index (κ3) is 4.33. The van der Waals surface area contributed by atoms with E-state index in [-0.39, 0.29) is 18.4 Å². The number of hydrogen-bond acceptors (Lipinski definition) is 3. The predicted molar refractivity (Wildman–Crippen MR) is 120 cm³/mol. The molecule has 0 atom stereocenters. The summed E-state index contributed by atoms with van der Waals surface area (Å²) in [5, 5.41) is 6.97. The maximum absolute atomic E-state index is 12.7. The van der Waals surface area contributed by atoms with Gasteiger partial charge >= 0.3 is 0 Å². The highest BCUT2D eigenvalue weighted by atomic mass is 16.2. The number of carbonyl (C=O) groups is 2. The Bertz CT molecular complexity index is 1170. The molecule has 4 aromatic rings. The number of benzene rings is 3. The molecule has 3 aromatic carbocycles. The van der Waals surface area contributed by atoms with Crippen molar-refractivity contribution in [2.75, 3.05) is 24.2 Å². The van der Waals surface area contributed by atoms with Crippen molar-refractivity contribution in [1.82, 2.24) is 9.88 Å². The third-order valence-electron chi connectivity index (χ3n) is 4.78. The number of hydrogen-bond donors (Lipinski definition) is 3. The Hall–Kier alpha value is -4.06. The van der Waals surface area contributed by atoms with Crippen molar-refractivity contribution in [3.63, 3.8) is 0 Å². The molecule has 0 saturated carbocycles. The fourth-order valence-corrected chi connectivity index (χ4v) is 3.27. The molecule has 2 amide bonds. The van der Waals surface area contributed by atoms with Crippen molar-refractivity contribution in [2.24, 2.45) is 0 Å². The molecule has 0 aliphatic carbocycles. The van der Waals surface area contributed by atoms with Crippen molar-refractivity contribution in [3.8, 4) is 0 Å². The summed E-state index contributed by atoms with van der Waals surface area (Å²) in [6.07, 6.45) is 1.68. The lowest BCUT2D eigenvalue weighted by Gasteiger charge is -2.16. The second-order valence-corrected chi connectivity index (χ2v) is 7.03. The zero-order chi connectivity index (χ0) is 20.9. The molecule has 150 valence electrons. The highest BCUT2D eigenvalue weighted by Crippen LogP contribution is 2.20. The Morgan fingerprint density at radius 1 is 0.833 bits per heavy atom. The Kier molecular flexibility index (Phi) is 5.48. The zero-order valence-corrected chi connectivity index (χ0v) is 16.6. The van der Waals surface area contributed by atoms with Gasteiger partial charge in [0.05, 0.1) is 12.1 Å². The first kappa shape index (κ1) is 19.3. The fraction of sp³-hybridized carbons (Fsp3) is 0.0833. The van der Waals surface area contributed by atoms with Crippen LogP contribution in [0.25, 0.3) is 10.9 Å². The first-order chi connectivity index (χ1) is 14.6. The summed E-state index contributed by atoms with van der Waals surface area (Å²) in [6.45, 7) is -0.0393. The molecule has 0 spiro atoms. The summed E-state index contributed by atoms with van der Waals surface area (Å²) >= 11 is 0. The summed E-state index contributed by atoms with van der Waals surface area (Å²) in [6, 6.07) is 24.9. The molecule has 0 fully saturated rings. The fourth-order valence-electron chi connectivity index (χ4n) is 3.27. The number of nitrogens with one attached hydrogen (secondary N) is 3. The number of nitrogens with zero attached hydrogens (tertiary/aromatic N) is 1. The Morgan fingerprint density at radius 3 is 2.23 bits per heavy atom. The van der Waals surface area contributed by atoms with Gasteiger partial charge in [0.15, 0.2) is 0 Å². The van der Waals surface area contributed by atoms with E-state index in [0.717, 1.165) is 22.3 Å². The van der Waals surface area contributed by atoms with Crippen LogP contribution in [-0.2, 0) is 4.79 Å². The van der Waals surface area contributed by atoms with E-state index < -0.39 is 0 Å². The minimum Gasteiger partial charge on any atom is -0.360 e. The quantitative estimate of drug-likeness (QED) is 0.443. The number of carbonyl (C=O) groups excluding carboxylic acids is 2. The van der Waals surface area contributed by atoms with E-state index in [9.17, 15) is 9.59 Å². The van der Waals surface area contributed by atoms with E-state index in [1.54, 1.807) is 13.2 Å². The molecule has 0 radical (unpaired) electrons. The molecular formula is C24H22N4O2. The van der Waals surface area contributed by atoms with E-state index >= 15 is 0 Å². The molecule has 0 unspecified atom stereocenters. The molecule has 0 saturated heterocycles. The number of anilines is 3. The molecule has 6 heteroatoms. The van der Waals surface area contributed by atoms with Crippen LogP contribution in [0.1, 0.15) is 10.4 Å². The van der Waals surface area contributed by atoms with E-state index in [4.69, 9.17) is 0 Å². The molecular weight excluding hydrogens is 376 g/mol. The smallest absolute Gasteiger partial charge is 0.256 e. The topological polar surface area (TPSA) is 77.2 Å². The number of amides is 2. The zero-order valence-electron chi connectivity index (χ0n) is 16.6. The van der Waals surface area contributed by atoms with E-state index in [2.05, 4.69) is 15.6 Å². The Morgan fingerprint density at radius 2 is 1.47 bits per heavy atom. The van der Waals surface area contributed by atoms with Crippen molar-refractivity contribution in [2.45, 2.75) is 0 Å². The van der Waals surface area contributed by atoms with Gasteiger partial charge < -0.3 is 20.5 Å². The minimum absolute atomic E-state index is 0.0393. The second-order valence-electron chi connectivity index (χ2n) is 7.03. The van der Waals surface area contributed by atoms with Crippen LogP contribution in [0.15, 0.2) is 85.1 Å². The number of fused-ring (bicyclic) bond motifs is 1. The SMILES string of the molecule is CN(CC(=O)Nc1ccc(Nc2ccccc2)cc1)C(=O)c1c[nH]c2ccccc12. The van der Waals surface area contributed by atoms with Crippen LogP contribution in [0, 0.1) is 0 Å². The van der Waals surface area contributed by atoms with Crippen LogP contribution in [0.2, 0.25) is 0 Å². The summed E-state index contributed by atoms with van der Waals surface area (Å²) in [5.74, 6) is -0.459. The standard InChI is InChI=1S/C24H22N4O2/c1-28(24(30)21-15-25-22-10-6-5-9-20(21)22)16-23(29)27-19-13-11-18(12-14-19)26-17-7-3-2-4-8-17/h2-15,25-26H,16H2,1H3,(H,27,29). The summed E-state index contributed by atoms with van der Waals surface area (Å²) < 4.78 is 0. The van der Waals surface area contributed by atoms with Crippen LogP contribution in [-0.4, -0.2) is 35.3 Å². The van der Waals surface area contributed by atoms with Gasteiger partial charge in [-0.3, -0.25) is 9.59 Å². The van der Waals surface area contributed by atoms with E-state index in [1.165, 1.54) is 4.90 Å². The number of aromatic nitrogens is 1. The van der Waals surface area contributed by atoms with Gasteiger partial charge in [0.2, 0.25) is 5.91 Å². The van der Waals surface area contributed by atoms with Crippen LogP contribution in [0.4, 0.5) is 17.1 Å². The van der Waals surface area contributed by atoms with Crippen molar-refractivity contribution < 1.29 is 9.59 Å². The Labute approximate surface area is 174 Å². The Balaban J connectivity index is 1.35. The number of rotatable bonds is 6. The lowest BCUT2D eigenvalue weighted by Crippen LogP contribution is -2.34. The lowest BCUT2D eigenvalue weighted by molar-refractivity contribution is -0.116. The van der Waals surface area contributed by atoms with Crippen LogP contribution >= 0.6 is 0 Å². The molecule has 1 heterocycles. The van der Waals surface area contributed by atoms with Crippen LogP contribution in [0.5, 0.6) is 0 Å². The van der Waals surface area contributed by atoms with Crippen LogP contribution in [0.3, 0.4) is 0 Å². The average molecular weight is 398 g/mol. The maximum Gasteiger partial charge on any atom is 0.256 e. The molecule has 6 nitrogen and oxygen atoms in total. The minimum atomic E-state index is -0.255. The predicted octanol–water partition coefficient (Wildman–Crippen LogP) is 4.62. The average Bonchev–Trinajstić information content (AvgIpc) is 3.19. The van der Waals surface area contributed by atoms with Crippen LogP contribution < -0.4 is 10.6 Å². The molecule has 4 rings (SSSR count). The van der Waals surface area contributed by atoms with Gasteiger partial charge in [0.25, 0.3) is 5.91 Å². The molecule has 30 heavy (non-hydrogen) atoms. The summed E-state index contributed by atoms with van der Waals surface area (Å²) in [7, 11) is 1.62. The monoisotopic (exact) mass is 398 g/mol. The highest BCUT2D eigenvalue weighted by molar-refractivity contribution is 6.08. The highest BCUT2D eigenvalue weighted by Gasteiger charge is 2.18. The first-order valence-corrected chi connectivity index (χ1v) is 9.64. The number of H-pyrrole nitrogens is 1. The van der Waals surface area contributed by atoms with Gasteiger partial charge in [-0.1, -0.05) is 36.4 Å². The van der Waals surface area contributed by atoms with Gasteiger partial charge in [-0.25, -0.2) is 0 Å². The van der Waals surface area contributed by atoms with Crippen molar-refractivity contribution in [3.05, 3.63) is 90.6 Å². The van der Waals surface area contributed by atoms with Crippen molar-refractivity contribution in [1.29, 1.82) is 0 Å². The van der Waals surface area contributed by atoms with Crippen molar-refractivity contribution >= 4 is 39.8 Å². The lowest BCUT2D eigenvalue weighted by atomic mass is 10.1. The van der Waals surface area contributed by atoms with Gasteiger partial charge in [0.1, 0.15) is 0 Å². The molecule has 0 aliphatic heterocycles. The van der Waals surface area contributed by atoms with Gasteiger partial charge in [-0.15, -0.1) is 0 Å². The molecule has 0 bridgehead atoms. The normalized spacial score (nSPS) is 10.6. The molecule has 1 aromatic heterocycles. The summed E-state index contributed by atoms with van der Waals surface area (Å²) in [4.78, 5) is 29.7. The first-order valence-electron chi connectivity index (χ1n) is 9.64. The third-order valence-corrected chi connectivity index (χ3v) is 4.78. The number of likely N-dealkylation sites (N-methyl/N-ethyl adjacent to an activating group) is 1. The van der Waals surface area contributed by atoms with E-state index in [0.29, 0.717) is 11.3 Å². The van der Waals surface area contributed by atoms with E-state index in [1.807, 2.05) is 78.9 Å². The number of para-hydroxylation sites is 2. The number of aromatic amines is 1. The van der Waals surface area contributed by atoms with Gasteiger partial charge in [-0.2, -0.15) is 0 Å². The maximum atomic E-state index is 12.7. The molecule has 0 aliphatic rings. The second kappa shape index (κ2) is 8.53. The van der Waals surface area contributed by atoms with Gasteiger partial charge in [-0.05, 0) is 42.5 Å². The van der Waals surface area contributed by atoms with Gasteiger partial charge in [0, 0.05) is 41.2 Å². The largest absolute Gasteiger partial charge is 0.360 e. The molecule has 3 N–H and O–H groups in total.